The molecule has 2 amide bonds. The molecule has 0 aliphatic heterocycles. The van der Waals surface area contributed by atoms with Crippen LogP contribution < -0.4 is 10.9 Å². The normalized spacial score (nSPS) is 10.8. The summed E-state index contributed by atoms with van der Waals surface area (Å²) in [7, 11) is 0. The molecule has 6 nitrogen and oxygen atoms in total. The SMILES string of the molecule is Cc1cccc(NC(=O)N(Cc2nc3ccccc3c(=O)[nH]2)Cc2cccs2)c1. The van der Waals surface area contributed by atoms with Gasteiger partial charge in [0.1, 0.15) is 5.82 Å². The summed E-state index contributed by atoms with van der Waals surface area (Å²) in [6.07, 6.45) is 0. The number of thiophene rings is 1. The predicted molar refractivity (Wildman–Crippen MR) is 116 cm³/mol. The van der Waals surface area contributed by atoms with Crippen molar-refractivity contribution in [3.05, 3.63) is 92.7 Å². The summed E-state index contributed by atoms with van der Waals surface area (Å²) in [6, 6.07) is 18.5. The van der Waals surface area contributed by atoms with Gasteiger partial charge in [-0.05, 0) is 48.2 Å². The first-order valence-electron chi connectivity index (χ1n) is 9.21. The molecule has 29 heavy (non-hydrogen) atoms. The quantitative estimate of drug-likeness (QED) is 0.513. The molecule has 0 aliphatic carbocycles. The lowest BCUT2D eigenvalue weighted by molar-refractivity contribution is 0.205. The lowest BCUT2D eigenvalue weighted by Gasteiger charge is -2.22. The van der Waals surface area contributed by atoms with Gasteiger partial charge in [-0.3, -0.25) is 4.79 Å². The first-order valence-corrected chi connectivity index (χ1v) is 10.1. The van der Waals surface area contributed by atoms with Crippen LogP contribution in [0.3, 0.4) is 0 Å². The van der Waals surface area contributed by atoms with Gasteiger partial charge in [0.05, 0.1) is 24.0 Å². The van der Waals surface area contributed by atoms with E-state index in [0.29, 0.717) is 23.3 Å². The van der Waals surface area contributed by atoms with Gasteiger partial charge in [0.2, 0.25) is 0 Å². The van der Waals surface area contributed by atoms with Crippen LogP contribution in [0.15, 0.2) is 70.8 Å². The first-order chi connectivity index (χ1) is 14.1. The third-order valence-corrected chi connectivity index (χ3v) is 5.35. The van der Waals surface area contributed by atoms with Crippen molar-refractivity contribution in [2.45, 2.75) is 20.0 Å². The summed E-state index contributed by atoms with van der Waals surface area (Å²) in [5, 5.41) is 5.45. The molecule has 146 valence electrons. The van der Waals surface area contributed by atoms with Gasteiger partial charge < -0.3 is 15.2 Å². The molecule has 0 spiro atoms. The minimum Gasteiger partial charge on any atom is -0.312 e. The zero-order valence-electron chi connectivity index (χ0n) is 15.9. The predicted octanol–water partition coefficient (Wildman–Crippen LogP) is 4.53. The number of aryl methyl sites for hydroxylation is 1. The number of para-hydroxylation sites is 1. The number of carbonyl (C=O) groups is 1. The summed E-state index contributed by atoms with van der Waals surface area (Å²) < 4.78 is 0. The minimum absolute atomic E-state index is 0.190. The van der Waals surface area contributed by atoms with Gasteiger partial charge >= 0.3 is 6.03 Å². The van der Waals surface area contributed by atoms with E-state index in [9.17, 15) is 9.59 Å². The molecule has 0 aliphatic rings. The molecular formula is C22H20N4O2S. The number of anilines is 1. The summed E-state index contributed by atoms with van der Waals surface area (Å²) in [5.41, 5.74) is 2.20. The van der Waals surface area contributed by atoms with Crippen LogP contribution >= 0.6 is 11.3 Å². The molecule has 2 heterocycles. The van der Waals surface area contributed by atoms with Crippen molar-refractivity contribution >= 4 is 34.0 Å². The van der Waals surface area contributed by atoms with Gasteiger partial charge in [-0.2, -0.15) is 0 Å². The number of nitrogens with one attached hydrogen (secondary N) is 2. The highest BCUT2D eigenvalue weighted by molar-refractivity contribution is 7.09. The second kappa shape index (κ2) is 8.28. The number of H-pyrrole nitrogens is 1. The van der Waals surface area contributed by atoms with Gasteiger partial charge in [0, 0.05) is 10.6 Å². The van der Waals surface area contributed by atoms with E-state index in [1.54, 1.807) is 34.4 Å². The number of hydrogen-bond donors (Lipinski definition) is 2. The van der Waals surface area contributed by atoms with E-state index >= 15 is 0 Å². The van der Waals surface area contributed by atoms with Crippen molar-refractivity contribution in [3.63, 3.8) is 0 Å². The van der Waals surface area contributed by atoms with Crippen LogP contribution in [0.25, 0.3) is 10.9 Å². The number of aromatic nitrogens is 2. The first kappa shape index (κ1) is 18.9. The molecule has 0 radical (unpaired) electrons. The maximum atomic E-state index is 13.0. The Bertz CT molecular complexity index is 1200. The summed E-state index contributed by atoms with van der Waals surface area (Å²) in [5.74, 6) is 0.449. The standard InChI is InChI=1S/C22H20N4O2S/c1-15-6-4-7-16(12-15)23-22(28)26(13-17-8-5-11-29-17)14-20-24-19-10-3-2-9-18(19)21(27)25-20/h2-12H,13-14H2,1H3,(H,23,28)(H,24,25,27). The Morgan fingerprint density at radius 2 is 1.97 bits per heavy atom. The van der Waals surface area contributed by atoms with Gasteiger partial charge in [-0.25, -0.2) is 9.78 Å². The zero-order valence-corrected chi connectivity index (χ0v) is 16.7. The average Bonchev–Trinajstić information content (AvgIpc) is 3.21. The molecule has 0 atom stereocenters. The van der Waals surface area contributed by atoms with E-state index in [1.165, 1.54) is 0 Å². The van der Waals surface area contributed by atoms with E-state index in [0.717, 1.165) is 16.1 Å². The number of fused-ring (bicyclic) bond motifs is 1. The summed E-state index contributed by atoms with van der Waals surface area (Å²) in [4.78, 5) is 35.4. The van der Waals surface area contributed by atoms with Crippen molar-refractivity contribution in [2.75, 3.05) is 5.32 Å². The average molecular weight is 404 g/mol. The lowest BCUT2D eigenvalue weighted by atomic mass is 10.2. The van der Waals surface area contributed by atoms with Crippen LogP contribution in [-0.4, -0.2) is 20.9 Å². The fraction of sp³-hybridized carbons (Fsp3) is 0.136. The van der Waals surface area contributed by atoms with Crippen molar-refractivity contribution in [2.24, 2.45) is 0 Å². The topological polar surface area (TPSA) is 78.1 Å². The molecule has 7 heteroatoms. The van der Waals surface area contributed by atoms with Crippen molar-refractivity contribution in [1.82, 2.24) is 14.9 Å². The van der Waals surface area contributed by atoms with E-state index in [2.05, 4.69) is 15.3 Å². The summed E-state index contributed by atoms with van der Waals surface area (Å²) in [6.45, 7) is 2.59. The van der Waals surface area contributed by atoms with E-state index in [4.69, 9.17) is 0 Å². The Balaban J connectivity index is 1.62. The Morgan fingerprint density at radius 3 is 2.76 bits per heavy atom. The molecule has 0 unspecified atom stereocenters. The number of rotatable bonds is 5. The number of nitrogens with zero attached hydrogens (tertiary/aromatic N) is 2. The maximum Gasteiger partial charge on any atom is 0.322 e. The molecule has 0 fully saturated rings. The van der Waals surface area contributed by atoms with E-state index < -0.39 is 0 Å². The number of carbonyl (C=O) groups excluding carboxylic acids is 1. The van der Waals surface area contributed by atoms with Gasteiger partial charge in [-0.15, -0.1) is 11.3 Å². The molecule has 4 aromatic rings. The van der Waals surface area contributed by atoms with E-state index in [-0.39, 0.29) is 18.1 Å². The highest BCUT2D eigenvalue weighted by Gasteiger charge is 2.17. The fourth-order valence-corrected chi connectivity index (χ4v) is 3.83. The second-order valence-corrected chi connectivity index (χ2v) is 7.80. The molecule has 0 saturated carbocycles. The monoisotopic (exact) mass is 404 g/mol. The maximum absolute atomic E-state index is 13.0. The Morgan fingerprint density at radius 1 is 1.10 bits per heavy atom. The molecule has 2 aromatic heterocycles. The van der Waals surface area contributed by atoms with Crippen molar-refractivity contribution in [1.29, 1.82) is 0 Å². The second-order valence-electron chi connectivity index (χ2n) is 6.76. The summed E-state index contributed by atoms with van der Waals surface area (Å²) >= 11 is 1.58. The smallest absolute Gasteiger partial charge is 0.312 e. The van der Waals surface area contributed by atoms with Crippen LogP contribution in [0.2, 0.25) is 0 Å². The highest BCUT2D eigenvalue weighted by Crippen LogP contribution is 2.17. The number of benzene rings is 2. The Kier molecular flexibility index (Phi) is 5.39. The van der Waals surface area contributed by atoms with Gasteiger partial charge in [0.25, 0.3) is 5.56 Å². The van der Waals surface area contributed by atoms with E-state index in [1.807, 2.05) is 54.8 Å². The highest BCUT2D eigenvalue weighted by atomic mass is 32.1. The molecule has 0 saturated heterocycles. The van der Waals surface area contributed by atoms with Crippen LogP contribution in [-0.2, 0) is 13.1 Å². The largest absolute Gasteiger partial charge is 0.322 e. The third-order valence-electron chi connectivity index (χ3n) is 4.49. The number of aromatic amines is 1. The van der Waals surface area contributed by atoms with Crippen molar-refractivity contribution in [3.8, 4) is 0 Å². The number of amides is 2. The van der Waals surface area contributed by atoms with Crippen LogP contribution in [0.1, 0.15) is 16.3 Å². The molecule has 2 aromatic carbocycles. The van der Waals surface area contributed by atoms with Gasteiger partial charge in [-0.1, -0.05) is 30.3 Å². The van der Waals surface area contributed by atoms with Crippen molar-refractivity contribution < 1.29 is 4.79 Å². The van der Waals surface area contributed by atoms with Gasteiger partial charge in [0.15, 0.2) is 0 Å². The molecule has 4 rings (SSSR count). The number of urea groups is 1. The minimum atomic E-state index is -0.250. The van der Waals surface area contributed by atoms with Crippen LogP contribution in [0, 0.1) is 6.92 Å². The third kappa shape index (κ3) is 4.52. The molecular weight excluding hydrogens is 384 g/mol. The Labute approximate surface area is 171 Å². The lowest BCUT2D eigenvalue weighted by Crippen LogP contribution is -2.35. The van der Waals surface area contributed by atoms with Crippen LogP contribution in [0.5, 0.6) is 0 Å². The zero-order chi connectivity index (χ0) is 20.2. The Hall–Kier alpha value is -3.45. The molecule has 0 bridgehead atoms. The fourth-order valence-electron chi connectivity index (χ4n) is 3.11. The number of hydrogen-bond acceptors (Lipinski definition) is 4. The van der Waals surface area contributed by atoms with Crippen LogP contribution in [0.4, 0.5) is 10.5 Å². The molecule has 2 N–H and O–H groups in total.